The third-order valence-electron chi connectivity index (χ3n) is 12.8. The van der Waals surface area contributed by atoms with Gasteiger partial charge in [-0.15, -0.1) is 0 Å². The minimum Gasteiger partial charge on any atom is -0.346 e. The van der Waals surface area contributed by atoms with Crippen molar-refractivity contribution >= 4 is 17.5 Å². The molecule has 0 aromatic rings. The Morgan fingerprint density at radius 3 is 2.27 bits per heavy atom. The van der Waals surface area contributed by atoms with Crippen LogP contribution in [0.2, 0.25) is 0 Å². The van der Waals surface area contributed by atoms with E-state index in [0.29, 0.717) is 32.1 Å². The number of hydrogen-bond acceptors (Lipinski definition) is 4. The van der Waals surface area contributed by atoms with Gasteiger partial charge in [-0.25, -0.2) is 0 Å². The molecule has 0 bridgehead atoms. The van der Waals surface area contributed by atoms with Gasteiger partial charge in [0.2, 0.25) is 5.91 Å². The summed E-state index contributed by atoms with van der Waals surface area (Å²) in [6, 6.07) is 2.11. The van der Waals surface area contributed by atoms with E-state index in [1.165, 1.54) is 0 Å². The fourth-order valence-electron chi connectivity index (χ4n) is 10.4. The number of nitriles is 1. The largest absolute Gasteiger partial charge is 0.405 e. The summed E-state index contributed by atoms with van der Waals surface area (Å²) in [7, 11) is 0. The summed E-state index contributed by atoms with van der Waals surface area (Å²) in [6.07, 6.45) is 3.30. The second-order valence-corrected chi connectivity index (χ2v) is 15.7. The van der Waals surface area contributed by atoms with Gasteiger partial charge in [0.15, 0.2) is 11.6 Å². The SMILES string of the molecule is CC1(C)CCC2(C(=O)NCC(F)(F)F)CCC3(C)C(C(=O)C=C4C5(C)C=C(C#N)C(=O)C(C)(C)C5CCC43C)C2C1. The number of nitrogens with zero attached hydrogens (tertiary/aromatic N) is 1. The highest BCUT2D eigenvalue weighted by Crippen LogP contribution is 2.74. The quantitative estimate of drug-likeness (QED) is 0.391. The Morgan fingerprint density at radius 2 is 1.66 bits per heavy atom. The van der Waals surface area contributed by atoms with Crippen LogP contribution in [0.1, 0.15) is 93.4 Å². The lowest BCUT2D eigenvalue weighted by Crippen LogP contribution is -2.66. The van der Waals surface area contributed by atoms with E-state index in [1.54, 1.807) is 12.2 Å². The third kappa shape index (κ3) is 4.03. The Labute approximate surface area is 241 Å². The van der Waals surface area contributed by atoms with Gasteiger partial charge >= 0.3 is 6.18 Å². The molecule has 8 heteroatoms. The van der Waals surface area contributed by atoms with Gasteiger partial charge in [-0.2, -0.15) is 18.4 Å². The molecule has 0 aromatic heterocycles. The van der Waals surface area contributed by atoms with Gasteiger partial charge in [-0.1, -0.05) is 60.1 Å². The predicted molar refractivity (Wildman–Crippen MR) is 148 cm³/mol. The molecule has 3 fully saturated rings. The molecule has 7 atom stereocenters. The van der Waals surface area contributed by atoms with Crippen molar-refractivity contribution in [2.75, 3.05) is 6.54 Å². The van der Waals surface area contributed by atoms with Gasteiger partial charge in [0.25, 0.3) is 0 Å². The van der Waals surface area contributed by atoms with Crippen LogP contribution in [0.25, 0.3) is 0 Å². The molecule has 0 heterocycles. The minimum atomic E-state index is -4.51. The van der Waals surface area contributed by atoms with Gasteiger partial charge in [-0.05, 0) is 79.1 Å². The van der Waals surface area contributed by atoms with Crippen LogP contribution in [-0.2, 0) is 14.4 Å². The van der Waals surface area contributed by atoms with Crippen LogP contribution in [0.15, 0.2) is 23.3 Å². The maximum atomic E-state index is 14.4. The van der Waals surface area contributed by atoms with Crippen molar-refractivity contribution in [2.24, 2.45) is 50.2 Å². The zero-order chi connectivity index (χ0) is 30.6. The number of fused-ring (bicyclic) bond motifs is 7. The summed E-state index contributed by atoms with van der Waals surface area (Å²) in [5.41, 5.74) is -2.47. The van der Waals surface area contributed by atoms with Crippen LogP contribution in [0.3, 0.4) is 0 Å². The zero-order valence-corrected chi connectivity index (χ0v) is 25.3. The second kappa shape index (κ2) is 8.80. The number of ketones is 2. The van der Waals surface area contributed by atoms with E-state index in [2.05, 4.69) is 46.0 Å². The van der Waals surface area contributed by atoms with E-state index in [9.17, 15) is 32.8 Å². The highest BCUT2D eigenvalue weighted by Gasteiger charge is 2.70. The van der Waals surface area contributed by atoms with Crippen molar-refractivity contribution in [3.05, 3.63) is 23.3 Å². The topological polar surface area (TPSA) is 87.0 Å². The minimum absolute atomic E-state index is 0.0705. The van der Waals surface area contributed by atoms with Crippen LogP contribution in [0, 0.1) is 61.6 Å². The molecule has 0 aliphatic heterocycles. The number of Topliss-reactive ketones (excluding diaryl/α,β-unsaturated/α-hetero) is 1. The molecular formula is C33H43F3N2O3. The van der Waals surface area contributed by atoms with E-state index >= 15 is 0 Å². The predicted octanol–water partition coefficient (Wildman–Crippen LogP) is 6.88. The molecule has 5 nitrogen and oxygen atoms in total. The molecule has 0 radical (unpaired) electrons. The van der Waals surface area contributed by atoms with Crippen LogP contribution in [-0.4, -0.2) is 30.2 Å². The molecule has 1 amide bonds. The van der Waals surface area contributed by atoms with Gasteiger partial charge in [0.1, 0.15) is 12.6 Å². The first-order chi connectivity index (χ1) is 18.7. The standard InChI is InChI=1S/C33H43F3N2O3/c1-27(2)10-12-32(26(41)38-18-33(34,35)36)13-11-31(7)24(20(32)16-27)21(39)14-23-29(5)15-19(17-37)25(40)28(3,4)22(29)8-9-30(23,31)6/h14-15,20,22,24H,8-13,16,18H2,1-7H3,(H,38,41). The molecule has 1 N–H and O–H groups in total. The second-order valence-electron chi connectivity index (χ2n) is 15.7. The number of alkyl halides is 3. The highest BCUT2D eigenvalue weighted by molar-refractivity contribution is 6.04. The zero-order valence-electron chi connectivity index (χ0n) is 25.3. The van der Waals surface area contributed by atoms with E-state index in [-0.39, 0.29) is 34.4 Å². The first-order valence-corrected chi connectivity index (χ1v) is 15.0. The van der Waals surface area contributed by atoms with Crippen molar-refractivity contribution in [2.45, 2.75) is 99.6 Å². The lowest BCUT2D eigenvalue weighted by atomic mass is 9.34. The number of carbonyl (C=O) groups is 3. The Bertz CT molecular complexity index is 1320. The average molecular weight is 573 g/mol. The summed E-state index contributed by atoms with van der Waals surface area (Å²) >= 11 is 0. The van der Waals surface area contributed by atoms with Crippen molar-refractivity contribution < 1.29 is 27.6 Å². The Balaban J connectivity index is 1.65. The fourth-order valence-corrected chi connectivity index (χ4v) is 10.4. The summed E-state index contributed by atoms with van der Waals surface area (Å²) in [5.74, 6) is -1.75. The molecule has 0 aromatic carbocycles. The normalized spacial score (nSPS) is 42.8. The van der Waals surface area contributed by atoms with Crippen molar-refractivity contribution in [1.29, 1.82) is 5.26 Å². The van der Waals surface area contributed by atoms with Crippen LogP contribution >= 0.6 is 0 Å². The Morgan fingerprint density at radius 1 is 1.02 bits per heavy atom. The van der Waals surface area contributed by atoms with E-state index < -0.39 is 51.6 Å². The summed E-state index contributed by atoms with van der Waals surface area (Å²) in [4.78, 5) is 41.3. The van der Waals surface area contributed by atoms with Crippen molar-refractivity contribution in [3.63, 3.8) is 0 Å². The fraction of sp³-hybridized carbons (Fsp3) is 0.758. The van der Waals surface area contributed by atoms with Crippen molar-refractivity contribution in [3.8, 4) is 6.07 Å². The molecule has 7 unspecified atom stereocenters. The highest BCUT2D eigenvalue weighted by atomic mass is 19.4. The number of rotatable bonds is 2. The first-order valence-electron chi connectivity index (χ1n) is 15.0. The lowest BCUT2D eigenvalue weighted by Gasteiger charge is -2.69. The summed E-state index contributed by atoms with van der Waals surface area (Å²) in [6.45, 7) is 13.1. The molecule has 41 heavy (non-hydrogen) atoms. The van der Waals surface area contributed by atoms with E-state index in [4.69, 9.17) is 0 Å². The van der Waals surface area contributed by atoms with Crippen molar-refractivity contribution in [1.82, 2.24) is 5.32 Å². The van der Waals surface area contributed by atoms with Gasteiger partial charge in [-0.3, -0.25) is 14.4 Å². The average Bonchev–Trinajstić information content (AvgIpc) is 2.85. The summed E-state index contributed by atoms with van der Waals surface area (Å²) < 4.78 is 39.4. The third-order valence-corrected chi connectivity index (χ3v) is 12.8. The number of amides is 1. The maximum absolute atomic E-state index is 14.4. The summed E-state index contributed by atoms with van der Waals surface area (Å²) in [5, 5.41) is 12.1. The molecule has 0 spiro atoms. The van der Waals surface area contributed by atoms with Gasteiger partial charge in [0, 0.05) is 16.7 Å². The maximum Gasteiger partial charge on any atom is 0.405 e. The smallest absolute Gasteiger partial charge is 0.346 e. The lowest BCUT2D eigenvalue weighted by molar-refractivity contribution is -0.181. The van der Waals surface area contributed by atoms with Gasteiger partial charge in [0.05, 0.1) is 11.0 Å². The molecule has 224 valence electrons. The monoisotopic (exact) mass is 572 g/mol. The van der Waals surface area contributed by atoms with Crippen LogP contribution in [0.4, 0.5) is 13.2 Å². The van der Waals surface area contributed by atoms with Crippen LogP contribution < -0.4 is 5.32 Å². The Kier molecular flexibility index (Phi) is 6.45. The van der Waals surface area contributed by atoms with Crippen LogP contribution in [0.5, 0.6) is 0 Å². The number of halogens is 3. The molecule has 3 saturated carbocycles. The number of allylic oxidation sites excluding steroid dienone is 4. The number of nitrogens with one attached hydrogen (secondary N) is 1. The number of carbonyl (C=O) groups excluding carboxylic acids is 3. The van der Waals surface area contributed by atoms with E-state index in [0.717, 1.165) is 18.4 Å². The van der Waals surface area contributed by atoms with Gasteiger partial charge < -0.3 is 5.32 Å². The molecule has 5 aliphatic carbocycles. The molecule has 5 aliphatic rings. The molecule has 0 saturated heterocycles. The number of hydrogen-bond donors (Lipinski definition) is 1. The van der Waals surface area contributed by atoms with E-state index in [1.807, 2.05) is 13.8 Å². The first kappa shape index (κ1) is 30.0. The Hall–Kier alpha value is -2.43. The molecule has 5 rings (SSSR count). The molecular weight excluding hydrogens is 529 g/mol.